The number of hydrogen-bond donors (Lipinski definition) is 6. The number of methoxy groups -OCH3 is 2. The average molecular weight is 857 g/mol. The van der Waals surface area contributed by atoms with Gasteiger partial charge in [0, 0.05) is 39.4 Å². The number of halogens is 2. The quantitative estimate of drug-likeness (QED) is 0.0191. The SMILES string of the molecule is COc1cc(N=Nc2cc(S(=O)(=O)O)ccc2O)c(N=Nc2c(SOOO)cc3c(S(=O)(=O)O)c(Nc4nc(F)nc(F)n4)ccc3c2O)cc1OC.[Ni]. The second-order valence-corrected chi connectivity index (χ2v) is 13.4. The molecule has 0 spiro atoms. The Balaban J connectivity index is 0.00000650. The Morgan fingerprint density at radius 1 is 0.759 bits per heavy atom. The van der Waals surface area contributed by atoms with E-state index >= 15 is 0 Å². The molecule has 1 aromatic heterocycles. The Morgan fingerprint density at radius 2 is 1.35 bits per heavy atom. The summed E-state index contributed by atoms with van der Waals surface area (Å²) < 4.78 is 110. The second-order valence-electron chi connectivity index (χ2n) is 9.85. The summed E-state index contributed by atoms with van der Waals surface area (Å²) in [5, 5.41) is 51.5. The molecular formula is C27H20F2N8NiO13S3. The predicted molar refractivity (Wildman–Crippen MR) is 175 cm³/mol. The van der Waals surface area contributed by atoms with Gasteiger partial charge < -0.3 is 25.0 Å². The molecule has 0 unspecified atom stereocenters. The first kappa shape index (κ1) is 41.5. The third kappa shape index (κ3) is 9.27. The van der Waals surface area contributed by atoms with E-state index < -0.39 is 76.4 Å². The maximum Gasteiger partial charge on any atom is 0.315 e. The Labute approximate surface area is 315 Å². The van der Waals surface area contributed by atoms with Gasteiger partial charge in [0.15, 0.2) is 17.2 Å². The summed E-state index contributed by atoms with van der Waals surface area (Å²) in [5.41, 5.74) is -1.68. The van der Waals surface area contributed by atoms with Gasteiger partial charge in [-0.25, -0.2) is 5.26 Å². The number of phenols is 2. The minimum Gasteiger partial charge on any atom is -0.506 e. The van der Waals surface area contributed by atoms with E-state index in [0.717, 1.165) is 36.4 Å². The standard InChI is InChI=1S/C27H20F2N8O13S3.Ni/c1-47-19-9-15(34-36-17-7-11(52(41,42)43)3-6-18(17)38)16(10-20(19)48-2)35-37-22-21(51-50-49-40)8-13-12(23(22)39)4-5-14(24(13)53(44,45)46)30-27-32-25(28)31-26(29)33-27;/h3-10,38-40H,1-2H3,(H,41,42,43)(H,44,45,46)(H,30,31,32,33);. The van der Waals surface area contributed by atoms with Crippen molar-refractivity contribution < 1.29 is 85.5 Å². The first-order chi connectivity index (χ1) is 25.0. The Hall–Kier alpha value is -5.25. The summed E-state index contributed by atoms with van der Waals surface area (Å²) in [6, 6.07) is 8.33. The Morgan fingerprint density at radius 3 is 1.91 bits per heavy atom. The normalized spacial score (nSPS) is 12.0. The zero-order chi connectivity index (χ0) is 38.7. The largest absolute Gasteiger partial charge is 0.506 e. The van der Waals surface area contributed by atoms with E-state index in [9.17, 15) is 44.9 Å². The molecule has 288 valence electrons. The van der Waals surface area contributed by atoms with Crippen LogP contribution < -0.4 is 14.8 Å². The molecule has 0 saturated carbocycles. The van der Waals surface area contributed by atoms with Crippen LogP contribution >= 0.6 is 12.0 Å². The molecule has 0 aliphatic rings. The monoisotopic (exact) mass is 856 g/mol. The van der Waals surface area contributed by atoms with Crippen molar-refractivity contribution in [2.45, 2.75) is 14.7 Å². The number of nitrogens with zero attached hydrogens (tertiary/aromatic N) is 7. The van der Waals surface area contributed by atoms with E-state index in [1.165, 1.54) is 26.4 Å². The molecule has 0 aliphatic carbocycles. The second kappa shape index (κ2) is 16.8. The minimum absolute atomic E-state index is 0. The van der Waals surface area contributed by atoms with E-state index in [1.54, 1.807) is 0 Å². The van der Waals surface area contributed by atoms with E-state index in [0.29, 0.717) is 0 Å². The molecule has 0 bridgehead atoms. The number of rotatable bonds is 13. The van der Waals surface area contributed by atoms with Crippen LogP contribution in [0.3, 0.4) is 0 Å². The van der Waals surface area contributed by atoms with Gasteiger partial charge in [0.1, 0.15) is 33.4 Å². The first-order valence-corrected chi connectivity index (χ1v) is 17.3. The van der Waals surface area contributed by atoms with Gasteiger partial charge in [-0.3, -0.25) is 9.11 Å². The molecule has 1 heterocycles. The van der Waals surface area contributed by atoms with Gasteiger partial charge in [0.2, 0.25) is 5.95 Å². The van der Waals surface area contributed by atoms with Gasteiger partial charge in [0.25, 0.3) is 20.2 Å². The number of phenolic OH excluding ortho intramolecular Hbond substituents is 2. The van der Waals surface area contributed by atoms with Crippen LogP contribution in [0.25, 0.3) is 10.8 Å². The van der Waals surface area contributed by atoms with Crippen molar-refractivity contribution in [3.05, 3.63) is 60.7 Å². The molecule has 0 fully saturated rings. The average Bonchev–Trinajstić information content (AvgIpc) is 3.08. The predicted octanol–water partition coefficient (Wildman–Crippen LogP) is 6.23. The number of hydrogen-bond acceptors (Lipinski definition) is 20. The number of fused-ring (bicyclic) bond motifs is 1. The molecule has 0 saturated heterocycles. The third-order valence-electron chi connectivity index (χ3n) is 6.67. The van der Waals surface area contributed by atoms with Gasteiger partial charge in [-0.05, 0) is 36.4 Å². The summed E-state index contributed by atoms with van der Waals surface area (Å²) >= 11 is 0.176. The van der Waals surface area contributed by atoms with Crippen LogP contribution in [-0.2, 0) is 46.1 Å². The van der Waals surface area contributed by atoms with Crippen LogP contribution in [0.5, 0.6) is 23.0 Å². The van der Waals surface area contributed by atoms with Crippen molar-refractivity contribution in [1.29, 1.82) is 0 Å². The topological polar surface area (TPSA) is 306 Å². The molecule has 6 N–H and O–H groups in total. The number of aromatic nitrogens is 3. The van der Waals surface area contributed by atoms with Crippen LogP contribution in [0.4, 0.5) is 43.2 Å². The third-order valence-corrected chi connectivity index (χ3v) is 9.10. The first-order valence-electron chi connectivity index (χ1n) is 13.7. The molecule has 0 amide bonds. The van der Waals surface area contributed by atoms with Crippen molar-refractivity contribution in [3.63, 3.8) is 0 Å². The molecule has 0 radical (unpaired) electrons. The van der Waals surface area contributed by atoms with Gasteiger partial charge >= 0.3 is 12.2 Å². The molecule has 54 heavy (non-hydrogen) atoms. The zero-order valence-electron chi connectivity index (χ0n) is 26.5. The maximum atomic E-state index is 13.6. The summed E-state index contributed by atoms with van der Waals surface area (Å²) in [6.45, 7) is 0. The molecule has 27 heteroatoms. The zero-order valence-corrected chi connectivity index (χ0v) is 30.0. The van der Waals surface area contributed by atoms with Crippen molar-refractivity contribution in [1.82, 2.24) is 15.0 Å². The Kier molecular flexibility index (Phi) is 12.9. The number of nitrogens with one attached hydrogen (secondary N) is 1. The van der Waals surface area contributed by atoms with E-state index in [1.807, 2.05) is 0 Å². The van der Waals surface area contributed by atoms with Gasteiger partial charge in [-0.2, -0.15) is 40.6 Å². The molecular weight excluding hydrogens is 837 g/mol. The fourth-order valence-electron chi connectivity index (χ4n) is 4.46. The summed E-state index contributed by atoms with van der Waals surface area (Å²) in [7, 11) is -7.31. The number of ether oxygens (including phenoxy) is 2. The maximum absolute atomic E-state index is 13.6. The van der Waals surface area contributed by atoms with E-state index in [2.05, 4.69) is 50.1 Å². The molecule has 5 rings (SSSR count). The van der Waals surface area contributed by atoms with Crippen LogP contribution in [0.15, 0.2) is 83.7 Å². The number of anilines is 2. The molecule has 0 aliphatic heterocycles. The fourth-order valence-corrected chi connectivity index (χ4v) is 6.29. The van der Waals surface area contributed by atoms with Crippen LogP contribution in [0.1, 0.15) is 0 Å². The summed E-state index contributed by atoms with van der Waals surface area (Å²) in [4.78, 5) is 7.30. The van der Waals surface area contributed by atoms with Gasteiger partial charge in [-0.1, -0.05) is 5.04 Å². The summed E-state index contributed by atoms with van der Waals surface area (Å²) in [5.74, 6) is -1.92. The molecule has 21 nitrogen and oxygen atoms in total. The van der Waals surface area contributed by atoms with Crippen LogP contribution in [0, 0.1) is 12.2 Å². The number of azo groups is 2. The minimum atomic E-state index is -5.22. The van der Waals surface area contributed by atoms with Crippen molar-refractivity contribution in [3.8, 4) is 23.0 Å². The summed E-state index contributed by atoms with van der Waals surface area (Å²) in [6.07, 6.45) is -3.10. The van der Waals surface area contributed by atoms with Crippen LogP contribution in [-0.4, -0.2) is 70.6 Å². The number of benzene rings is 4. The van der Waals surface area contributed by atoms with E-state index in [-0.39, 0.29) is 67.4 Å². The van der Waals surface area contributed by atoms with E-state index in [4.69, 9.17) is 14.7 Å². The van der Waals surface area contributed by atoms with Crippen molar-refractivity contribution in [2.75, 3.05) is 19.5 Å². The molecule has 4 aromatic carbocycles. The van der Waals surface area contributed by atoms with Crippen molar-refractivity contribution >= 4 is 77.4 Å². The smallest absolute Gasteiger partial charge is 0.315 e. The van der Waals surface area contributed by atoms with Gasteiger partial charge in [-0.15, -0.1) is 24.8 Å². The van der Waals surface area contributed by atoms with Crippen molar-refractivity contribution in [2.24, 2.45) is 20.5 Å². The van der Waals surface area contributed by atoms with Gasteiger partial charge in [0.05, 0.1) is 41.7 Å². The Bertz CT molecular complexity index is 2520. The molecule has 5 aromatic rings. The molecule has 0 atom stereocenters. The number of aromatic hydroxyl groups is 2. The van der Waals surface area contributed by atoms with Crippen LogP contribution in [0.2, 0.25) is 0 Å². The fraction of sp³-hybridized carbons (Fsp3) is 0.0741.